The van der Waals surface area contributed by atoms with Crippen molar-refractivity contribution in [2.75, 3.05) is 13.2 Å². The summed E-state index contributed by atoms with van der Waals surface area (Å²) in [5.74, 6) is -1.57. The topological polar surface area (TPSA) is 95.9 Å². The molecule has 1 aliphatic heterocycles. The number of hydrogen-bond acceptors (Lipinski definition) is 4. The molecule has 0 saturated carbocycles. The zero-order chi connectivity index (χ0) is 24.2. The van der Waals surface area contributed by atoms with E-state index in [2.05, 4.69) is 29.6 Å². The number of ether oxygens (including phenoxy) is 1. The van der Waals surface area contributed by atoms with E-state index >= 15 is 0 Å². The minimum Gasteiger partial charge on any atom is -0.481 e. The summed E-state index contributed by atoms with van der Waals surface area (Å²) in [4.78, 5) is 38.6. The number of carbonyl (C=O) groups excluding carboxylic acids is 2. The molecule has 2 unspecified atom stereocenters. The SMILES string of the molecule is CCC[C@@H](CC(=O)N1CCC(C(=O)O)C1C)NC(=O)OCC1c2ccccc2-c2ccccc21. The molecule has 4 rings (SSSR count). The van der Waals surface area contributed by atoms with Gasteiger partial charge in [-0.25, -0.2) is 4.79 Å². The Labute approximate surface area is 200 Å². The second kappa shape index (κ2) is 10.3. The molecular weight excluding hydrogens is 432 g/mol. The molecule has 2 aromatic rings. The maximum atomic E-state index is 12.9. The highest BCUT2D eigenvalue weighted by Crippen LogP contribution is 2.44. The number of aliphatic carboxylic acids is 1. The Morgan fingerprint density at radius 3 is 2.26 bits per heavy atom. The van der Waals surface area contributed by atoms with E-state index in [1.807, 2.05) is 31.2 Å². The first-order valence-electron chi connectivity index (χ1n) is 12.0. The number of nitrogens with zero attached hydrogens (tertiary/aromatic N) is 1. The summed E-state index contributed by atoms with van der Waals surface area (Å²) in [6.45, 7) is 4.42. The van der Waals surface area contributed by atoms with Gasteiger partial charge in [-0.3, -0.25) is 9.59 Å². The first-order chi connectivity index (χ1) is 16.4. The number of amides is 2. The molecule has 34 heavy (non-hydrogen) atoms. The van der Waals surface area contributed by atoms with E-state index in [0.717, 1.165) is 17.5 Å². The third-order valence-electron chi connectivity index (χ3n) is 7.12. The van der Waals surface area contributed by atoms with Crippen molar-refractivity contribution in [1.29, 1.82) is 0 Å². The summed E-state index contributed by atoms with van der Waals surface area (Å²) < 4.78 is 5.64. The van der Waals surface area contributed by atoms with Gasteiger partial charge in [-0.15, -0.1) is 0 Å². The molecule has 2 aliphatic rings. The van der Waals surface area contributed by atoms with Crippen molar-refractivity contribution in [3.8, 4) is 11.1 Å². The average Bonchev–Trinajstić information content (AvgIpc) is 3.36. The molecule has 1 fully saturated rings. The summed E-state index contributed by atoms with van der Waals surface area (Å²) in [7, 11) is 0. The Morgan fingerprint density at radius 1 is 1.09 bits per heavy atom. The van der Waals surface area contributed by atoms with Crippen LogP contribution in [0.25, 0.3) is 11.1 Å². The van der Waals surface area contributed by atoms with Crippen LogP contribution in [0.2, 0.25) is 0 Å². The summed E-state index contributed by atoms with van der Waals surface area (Å²) in [6, 6.07) is 15.6. The van der Waals surface area contributed by atoms with Gasteiger partial charge in [0.05, 0.1) is 5.92 Å². The summed E-state index contributed by atoms with van der Waals surface area (Å²) in [5.41, 5.74) is 4.63. The summed E-state index contributed by atoms with van der Waals surface area (Å²) in [6.07, 6.45) is 1.50. The van der Waals surface area contributed by atoms with E-state index in [9.17, 15) is 19.5 Å². The predicted octanol–water partition coefficient (Wildman–Crippen LogP) is 4.41. The second-order valence-electron chi connectivity index (χ2n) is 9.22. The average molecular weight is 465 g/mol. The summed E-state index contributed by atoms with van der Waals surface area (Å²) in [5, 5.41) is 12.2. The Hall–Kier alpha value is -3.35. The standard InChI is InChI=1S/C27H32N2O5/c1-3-8-18(15-25(30)29-14-13-19(17(29)2)26(31)32)28-27(33)34-16-24-22-11-6-4-9-20(22)21-10-5-7-12-23(21)24/h4-7,9-12,17-19,24H,3,8,13-16H2,1-2H3,(H,28,33)(H,31,32)/t17?,18-,19?/m0/s1. The van der Waals surface area contributed by atoms with Crippen molar-refractivity contribution in [2.24, 2.45) is 5.92 Å². The molecule has 0 spiro atoms. The second-order valence-corrected chi connectivity index (χ2v) is 9.22. The lowest BCUT2D eigenvalue weighted by atomic mass is 9.98. The van der Waals surface area contributed by atoms with Crippen molar-refractivity contribution in [3.05, 3.63) is 59.7 Å². The maximum absolute atomic E-state index is 12.9. The lowest BCUT2D eigenvalue weighted by Gasteiger charge is -2.26. The lowest BCUT2D eigenvalue weighted by molar-refractivity contribution is -0.143. The van der Waals surface area contributed by atoms with Crippen LogP contribution in [0.3, 0.4) is 0 Å². The molecular formula is C27H32N2O5. The minimum atomic E-state index is -0.871. The van der Waals surface area contributed by atoms with Crippen molar-refractivity contribution >= 4 is 18.0 Å². The first kappa shape index (κ1) is 23.8. The number of benzene rings is 2. The molecule has 3 atom stereocenters. The molecule has 0 aromatic heterocycles. The number of likely N-dealkylation sites (tertiary alicyclic amines) is 1. The van der Waals surface area contributed by atoms with Gasteiger partial charge in [0, 0.05) is 31.0 Å². The number of carboxylic acids is 1. The van der Waals surface area contributed by atoms with Crippen LogP contribution < -0.4 is 5.32 Å². The van der Waals surface area contributed by atoms with Crippen LogP contribution in [0, 0.1) is 5.92 Å². The van der Waals surface area contributed by atoms with E-state index < -0.39 is 18.0 Å². The van der Waals surface area contributed by atoms with Crippen molar-refractivity contribution in [3.63, 3.8) is 0 Å². The lowest BCUT2D eigenvalue weighted by Crippen LogP contribution is -2.43. The molecule has 180 valence electrons. The zero-order valence-corrected chi connectivity index (χ0v) is 19.7. The van der Waals surface area contributed by atoms with E-state index in [1.165, 1.54) is 11.1 Å². The van der Waals surface area contributed by atoms with E-state index in [4.69, 9.17) is 4.74 Å². The summed E-state index contributed by atoms with van der Waals surface area (Å²) >= 11 is 0. The monoisotopic (exact) mass is 464 g/mol. The normalized spacial score (nSPS) is 19.9. The molecule has 2 N–H and O–H groups in total. The van der Waals surface area contributed by atoms with Crippen LogP contribution in [-0.4, -0.2) is 53.2 Å². The molecule has 1 heterocycles. The van der Waals surface area contributed by atoms with Gasteiger partial charge in [-0.05, 0) is 42.0 Å². The van der Waals surface area contributed by atoms with Crippen LogP contribution in [-0.2, 0) is 14.3 Å². The Bertz CT molecular complexity index is 1020. The van der Waals surface area contributed by atoms with E-state index in [1.54, 1.807) is 11.8 Å². The molecule has 2 aromatic carbocycles. The number of rotatable bonds is 8. The molecule has 0 bridgehead atoms. The minimum absolute atomic E-state index is 0.0252. The smallest absolute Gasteiger partial charge is 0.407 e. The fraction of sp³-hybridized carbons (Fsp3) is 0.444. The molecule has 2 amide bonds. The maximum Gasteiger partial charge on any atom is 0.407 e. The third kappa shape index (κ3) is 4.79. The van der Waals surface area contributed by atoms with Gasteiger partial charge in [0.1, 0.15) is 6.61 Å². The first-order valence-corrected chi connectivity index (χ1v) is 12.0. The predicted molar refractivity (Wildman–Crippen MR) is 128 cm³/mol. The number of fused-ring (bicyclic) bond motifs is 3. The molecule has 1 aliphatic carbocycles. The highest BCUT2D eigenvalue weighted by atomic mass is 16.5. The van der Waals surface area contributed by atoms with Gasteiger partial charge in [0.15, 0.2) is 0 Å². The number of carbonyl (C=O) groups is 3. The number of nitrogens with one attached hydrogen (secondary N) is 1. The van der Waals surface area contributed by atoms with Gasteiger partial charge >= 0.3 is 12.1 Å². The number of alkyl carbamates (subject to hydrolysis) is 1. The van der Waals surface area contributed by atoms with Crippen molar-refractivity contribution in [2.45, 2.75) is 57.5 Å². The highest BCUT2D eigenvalue weighted by Gasteiger charge is 2.38. The van der Waals surface area contributed by atoms with Crippen LogP contribution in [0.4, 0.5) is 4.79 Å². The van der Waals surface area contributed by atoms with Gasteiger partial charge in [0.25, 0.3) is 0 Å². The van der Waals surface area contributed by atoms with Gasteiger partial charge in [-0.1, -0.05) is 61.9 Å². The quantitative estimate of drug-likeness (QED) is 0.604. The van der Waals surface area contributed by atoms with E-state index in [-0.39, 0.29) is 36.9 Å². The van der Waals surface area contributed by atoms with Crippen LogP contribution in [0.5, 0.6) is 0 Å². The van der Waals surface area contributed by atoms with Crippen molar-refractivity contribution < 1.29 is 24.2 Å². The van der Waals surface area contributed by atoms with Gasteiger partial charge in [-0.2, -0.15) is 0 Å². The Morgan fingerprint density at radius 2 is 1.71 bits per heavy atom. The van der Waals surface area contributed by atoms with E-state index in [0.29, 0.717) is 19.4 Å². The zero-order valence-electron chi connectivity index (χ0n) is 19.7. The van der Waals surface area contributed by atoms with Crippen molar-refractivity contribution in [1.82, 2.24) is 10.2 Å². The Balaban J connectivity index is 1.36. The number of carboxylic acid groups (broad SMARTS) is 1. The van der Waals surface area contributed by atoms with Crippen LogP contribution in [0.1, 0.15) is 56.6 Å². The van der Waals surface area contributed by atoms with Gasteiger partial charge in [0.2, 0.25) is 5.91 Å². The molecule has 7 heteroatoms. The number of hydrogen-bond donors (Lipinski definition) is 2. The molecule has 1 saturated heterocycles. The molecule has 0 radical (unpaired) electrons. The fourth-order valence-corrected chi connectivity index (χ4v) is 5.33. The third-order valence-corrected chi connectivity index (χ3v) is 7.12. The highest BCUT2D eigenvalue weighted by molar-refractivity contribution is 5.81. The van der Waals surface area contributed by atoms with Gasteiger partial charge < -0.3 is 20.1 Å². The molecule has 7 nitrogen and oxygen atoms in total. The van der Waals surface area contributed by atoms with Crippen LogP contribution in [0.15, 0.2) is 48.5 Å². The largest absolute Gasteiger partial charge is 0.481 e. The van der Waals surface area contributed by atoms with Crippen LogP contribution >= 0.6 is 0 Å². The Kier molecular flexibility index (Phi) is 7.20. The fourth-order valence-electron chi connectivity index (χ4n) is 5.33.